The van der Waals surface area contributed by atoms with Crippen LogP contribution < -0.4 is 4.74 Å². The molecule has 0 radical (unpaired) electrons. The van der Waals surface area contributed by atoms with Crippen molar-refractivity contribution in [2.24, 2.45) is 0 Å². The number of fused-ring (bicyclic) bond motifs is 1. The van der Waals surface area contributed by atoms with Gasteiger partial charge in [0.2, 0.25) is 0 Å². The van der Waals surface area contributed by atoms with Gasteiger partial charge in [-0.3, -0.25) is 4.79 Å². The number of ether oxygens (including phenoxy) is 1. The van der Waals surface area contributed by atoms with Gasteiger partial charge in [-0.2, -0.15) is 0 Å². The molecular weight excluding hydrogens is 260 g/mol. The Morgan fingerprint density at radius 2 is 1.67 bits per heavy atom. The third-order valence-corrected chi connectivity index (χ3v) is 4.39. The average molecular weight is 280 g/mol. The monoisotopic (exact) mass is 280 g/mol. The van der Waals surface area contributed by atoms with E-state index < -0.39 is 0 Å². The van der Waals surface area contributed by atoms with Gasteiger partial charge in [0.15, 0.2) is 0 Å². The fourth-order valence-corrected chi connectivity index (χ4v) is 2.85. The quantitative estimate of drug-likeness (QED) is 0.599. The van der Waals surface area contributed by atoms with Crippen molar-refractivity contribution in [3.8, 4) is 5.75 Å². The summed E-state index contributed by atoms with van der Waals surface area (Å²) in [6.07, 6.45) is 0. The van der Waals surface area contributed by atoms with E-state index in [1.807, 2.05) is 32.0 Å². The number of hydrogen-bond acceptors (Lipinski definition) is 2. The van der Waals surface area contributed by atoms with Crippen molar-refractivity contribution in [1.82, 2.24) is 0 Å². The summed E-state index contributed by atoms with van der Waals surface area (Å²) in [5.74, 6) is 0.779. The summed E-state index contributed by atoms with van der Waals surface area (Å²) in [7, 11) is 0. The van der Waals surface area contributed by atoms with Gasteiger partial charge in [0, 0.05) is 5.56 Å². The molecule has 0 spiro atoms. The molecule has 2 aromatic carbocycles. The van der Waals surface area contributed by atoms with Crippen molar-refractivity contribution < 1.29 is 9.53 Å². The van der Waals surface area contributed by atoms with Crippen LogP contribution in [-0.2, 0) is 4.79 Å². The van der Waals surface area contributed by atoms with Crippen LogP contribution >= 0.6 is 0 Å². The van der Waals surface area contributed by atoms with Gasteiger partial charge in [0.05, 0.1) is 0 Å². The maximum atomic E-state index is 12.3. The lowest BCUT2D eigenvalue weighted by molar-refractivity contribution is -0.133. The molecule has 1 aliphatic heterocycles. The van der Waals surface area contributed by atoms with Crippen LogP contribution in [0.15, 0.2) is 36.4 Å². The van der Waals surface area contributed by atoms with Gasteiger partial charge < -0.3 is 4.74 Å². The standard InChI is InChI=1S/C19H20O2/c1-11(2)14-6-8-15(9-7-14)17-16-10-5-12(3)13(4)18(16)21-19(17)20/h5-11,17H,1-4H3/t17-/m1/s1. The summed E-state index contributed by atoms with van der Waals surface area (Å²) in [6.45, 7) is 8.38. The van der Waals surface area contributed by atoms with Crippen LogP contribution in [0.4, 0.5) is 0 Å². The number of hydrogen-bond donors (Lipinski definition) is 0. The van der Waals surface area contributed by atoms with E-state index >= 15 is 0 Å². The van der Waals surface area contributed by atoms with E-state index in [0.717, 1.165) is 28.0 Å². The summed E-state index contributed by atoms with van der Waals surface area (Å²) >= 11 is 0. The summed E-state index contributed by atoms with van der Waals surface area (Å²) < 4.78 is 5.52. The predicted molar refractivity (Wildman–Crippen MR) is 83.9 cm³/mol. The topological polar surface area (TPSA) is 26.3 Å². The van der Waals surface area contributed by atoms with Gasteiger partial charge in [-0.25, -0.2) is 0 Å². The highest BCUT2D eigenvalue weighted by Crippen LogP contribution is 2.42. The Labute approximate surface area is 125 Å². The lowest BCUT2D eigenvalue weighted by Gasteiger charge is -2.11. The first-order valence-corrected chi connectivity index (χ1v) is 7.40. The minimum absolute atomic E-state index is 0.170. The second-order valence-corrected chi connectivity index (χ2v) is 6.10. The van der Waals surface area contributed by atoms with Crippen molar-refractivity contribution in [3.05, 3.63) is 64.2 Å². The summed E-state index contributed by atoms with van der Waals surface area (Å²) in [4.78, 5) is 12.3. The van der Waals surface area contributed by atoms with E-state index in [-0.39, 0.29) is 11.9 Å². The third-order valence-electron chi connectivity index (χ3n) is 4.39. The van der Waals surface area contributed by atoms with Gasteiger partial charge in [0.25, 0.3) is 0 Å². The molecule has 2 nitrogen and oxygen atoms in total. The van der Waals surface area contributed by atoms with Crippen molar-refractivity contribution in [3.63, 3.8) is 0 Å². The van der Waals surface area contributed by atoms with Crippen LogP contribution in [0, 0.1) is 13.8 Å². The minimum atomic E-state index is -0.291. The molecule has 0 aliphatic carbocycles. The average Bonchev–Trinajstić information content (AvgIpc) is 2.80. The van der Waals surface area contributed by atoms with E-state index in [1.165, 1.54) is 5.56 Å². The molecule has 1 atom stereocenters. The van der Waals surface area contributed by atoms with E-state index in [1.54, 1.807) is 0 Å². The molecule has 0 saturated carbocycles. The lowest BCUT2D eigenvalue weighted by atomic mass is 9.89. The Morgan fingerprint density at radius 3 is 2.29 bits per heavy atom. The van der Waals surface area contributed by atoms with Gasteiger partial charge in [-0.1, -0.05) is 50.2 Å². The van der Waals surface area contributed by atoms with Crippen molar-refractivity contribution in [1.29, 1.82) is 0 Å². The Hall–Kier alpha value is -2.09. The first-order chi connectivity index (χ1) is 9.99. The zero-order valence-corrected chi connectivity index (χ0v) is 12.9. The molecule has 0 aromatic heterocycles. The molecule has 2 heteroatoms. The van der Waals surface area contributed by atoms with Crippen molar-refractivity contribution >= 4 is 5.97 Å². The normalized spacial score (nSPS) is 17.0. The highest BCUT2D eigenvalue weighted by Gasteiger charge is 2.35. The zero-order valence-electron chi connectivity index (χ0n) is 12.9. The Balaban J connectivity index is 2.05. The summed E-state index contributed by atoms with van der Waals surface area (Å²) in [5.41, 5.74) is 5.48. The van der Waals surface area contributed by atoms with Gasteiger partial charge >= 0.3 is 5.97 Å². The fraction of sp³-hybridized carbons (Fsp3) is 0.316. The summed E-state index contributed by atoms with van der Waals surface area (Å²) in [6, 6.07) is 12.4. The molecule has 0 bridgehead atoms. The molecule has 0 N–H and O–H groups in total. The molecule has 2 aromatic rings. The first kappa shape index (κ1) is 13.9. The molecule has 108 valence electrons. The highest BCUT2D eigenvalue weighted by molar-refractivity contribution is 5.90. The lowest BCUT2D eigenvalue weighted by Crippen LogP contribution is -2.11. The Kier molecular flexibility index (Phi) is 3.32. The zero-order chi connectivity index (χ0) is 15.1. The van der Waals surface area contributed by atoms with Crippen molar-refractivity contribution in [2.45, 2.75) is 39.5 Å². The third kappa shape index (κ3) is 2.25. The number of rotatable bonds is 2. The van der Waals surface area contributed by atoms with Crippen molar-refractivity contribution in [2.75, 3.05) is 0 Å². The highest BCUT2D eigenvalue weighted by atomic mass is 16.5. The van der Waals surface area contributed by atoms with Gasteiger partial charge in [-0.05, 0) is 42.0 Å². The van der Waals surface area contributed by atoms with E-state index in [4.69, 9.17) is 4.74 Å². The molecule has 1 aliphatic rings. The van der Waals surface area contributed by atoms with Crippen LogP contribution in [0.25, 0.3) is 0 Å². The van der Waals surface area contributed by atoms with E-state index in [0.29, 0.717) is 5.92 Å². The molecule has 3 rings (SSSR count). The Bertz CT molecular complexity index is 696. The van der Waals surface area contributed by atoms with Gasteiger partial charge in [-0.15, -0.1) is 0 Å². The second kappa shape index (κ2) is 5.03. The molecule has 0 amide bonds. The molecular formula is C19H20O2. The second-order valence-electron chi connectivity index (χ2n) is 6.10. The fourth-order valence-electron chi connectivity index (χ4n) is 2.85. The minimum Gasteiger partial charge on any atom is -0.425 e. The maximum absolute atomic E-state index is 12.3. The molecule has 0 unspecified atom stereocenters. The number of carbonyl (C=O) groups is 1. The number of benzene rings is 2. The molecule has 21 heavy (non-hydrogen) atoms. The van der Waals surface area contributed by atoms with E-state index in [9.17, 15) is 4.79 Å². The number of esters is 1. The van der Waals surface area contributed by atoms with Crippen LogP contribution in [-0.4, -0.2) is 5.97 Å². The molecule has 0 saturated heterocycles. The SMILES string of the molecule is Cc1ccc2c(c1C)OC(=O)[C@@H]2c1ccc(C(C)C)cc1. The first-order valence-electron chi connectivity index (χ1n) is 7.40. The summed E-state index contributed by atoms with van der Waals surface area (Å²) in [5, 5.41) is 0. The number of aryl methyl sites for hydroxylation is 1. The van der Waals surface area contributed by atoms with E-state index in [2.05, 4.69) is 32.0 Å². The largest absolute Gasteiger partial charge is 0.425 e. The predicted octanol–water partition coefficient (Wildman–Crippen LogP) is 4.48. The van der Waals surface area contributed by atoms with Crippen LogP contribution in [0.3, 0.4) is 0 Å². The van der Waals surface area contributed by atoms with Gasteiger partial charge in [0.1, 0.15) is 11.7 Å². The molecule has 1 heterocycles. The van der Waals surface area contributed by atoms with Crippen LogP contribution in [0.5, 0.6) is 5.75 Å². The van der Waals surface area contributed by atoms with Crippen LogP contribution in [0.1, 0.15) is 53.5 Å². The van der Waals surface area contributed by atoms with Crippen LogP contribution in [0.2, 0.25) is 0 Å². The maximum Gasteiger partial charge on any atom is 0.323 e. The number of carbonyl (C=O) groups excluding carboxylic acids is 1. The Morgan fingerprint density at radius 1 is 1.00 bits per heavy atom. The molecule has 0 fully saturated rings. The smallest absolute Gasteiger partial charge is 0.323 e.